The molecule has 2 heterocycles. The summed E-state index contributed by atoms with van der Waals surface area (Å²) < 4.78 is 7.16. The molecule has 0 saturated heterocycles. The molecule has 1 aromatic carbocycles. The summed E-state index contributed by atoms with van der Waals surface area (Å²) in [5.74, 6) is 2.01. The predicted molar refractivity (Wildman–Crippen MR) is 68.2 cm³/mol. The number of fused-ring (bicyclic) bond motifs is 1. The van der Waals surface area contributed by atoms with E-state index < -0.39 is 0 Å². The molecule has 0 aliphatic heterocycles. The second kappa shape index (κ2) is 4.46. The molecule has 0 N–H and O–H groups in total. The first-order chi connectivity index (χ1) is 8.31. The third kappa shape index (κ3) is 2.32. The maximum atomic E-state index is 4.92. The summed E-state index contributed by atoms with van der Waals surface area (Å²) in [7, 11) is 0. The second-order valence-corrected chi connectivity index (χ2v) is 5.72. The van der Waals surface area contributed by atoms with Crippen LogP contribution in [-0.2, 0) is 5.75 Å². The van der Waals surface area contributed by atoms with Crippen molar-refractivity contribution < 1.29 is 4.52 Å². The summed E-state index contributed by atoms with van der Waals surface area (Å²) >= 11 is 3.32. The summed E-state index contributed by atoms with van der Waals surface area (Å²) in [5, 5.41) is 3.85. The van der Waals surface area contributed by atoms with Crippen LogP contribution in [0.1, 0.15) is 11.7 Å². The molecule has 0 amide bonds. The highest BCUT2D eigenvalue weighted by Crippen LogP contribution is 2.30. The number of aryl methyl sites for hydroxylation is 1. The monoisotopic (exact) mass is 263 g/mol. The third-order valence-corrected chi connectivity index (χ3v) is 4.34. The van der Waals surface area contributed by atoms with Gasteiger partial charge >= 0.3 is 0 Å². The van der Waals surface area contributed by atoms with Crippen molar-refractivity contribution in [2.75, 3.05) is 0 Å². The quantitative estimate of drug-likeness (QED) is 0.679. The fourth-order valence-electron chi connectivity index (χ4n) is 1.44. The smallest absolute Gasteiger partial charge is 0.223 e. The van der Waals surface area contributed by atoms with E-state index in [0.717, 1.165) is 9.86 Å². The van der Waals surface area contributed by atoms with Crippen LogP contribution in [0.15, 0.2) is 33.1 Å². The topological polar surface area (TPSA) is 51.8 Å². The van der Waals surface area contributed by atoms with E-state index in [1.807, 2.05) is 18.2 Å². The van der Waals surface area contributed by atoms with Crippen molar-refractivity contribution in [2.45, 2.75) is 17.0 Å². The van der Waals surface area contributed by atoms with Crippen molar-refractivity contribution in [3.8, 4) is 0 Å². The van der Waals surface area contributed by atoms with Crippen LogP contribution in [0.3, 0.4) is 0 Å². The fraction of sp³-hybridized carbons (Fsp3) is 0.182. The molecule has 0 radical (unpaired) electrons. The molecule has 0 aliphatic rings. The second-order valence-electron chi connectivity index (χ2n) is 3.47. The van der Waals surface area contributed by atoms with Crippen LogP contribution in [0, 0.1) is 6.92 Å². The molecule has 0 atom stereocenters. The molecule has 0 spiro atoms. The molecular weight excluding hydrogens is 254 g/mol. The predicted octanol–water partition coefficient (Wildman–Crippen LogP) is 3.28. The van der Waals surface area contributed by atoms with E-state index in [-0.39, 0.29) is 0 Å². The zero-order valence-corrected chi connectivity index (χ0v) is 10.7. The lowest BCUT2D eigenvalue weighted by Gasteiger charge is -1.89. The number of thiazole rings is 1. The highest BCUT2D eigenvalue weighted by molar-refractivity contribution is 8.00. The Bertz CT molecular complexity index is 614. The Hall–Kier alpha value is -1.40. The Labute approximate surface area is 106 Å². The molecule has 2 aromatic heterocycles. The number of nitrogens with zero attached hydrogens (tertiary/aromatic N) is 3. The average molecular weight is 263 g/mol. The van der Waals surface area contributed by atoms with Gasteiger partial charge in [0.25, 0.3) is 0 Å². The fourth-order valence-corrected chi connectivity index (χ4v) is 3.35. The molecule has 3 aromatic rings. The van der Waals surface area contributed by atoms with Gasteiger partial charge in [-0.15, -0.1) is 11.3 Å². The minimum Gasteiger partial charge on any atom is -0.340 e. The van der Waals surface area contributed by atoms with Crippen LogP contribution in [0.25, 0.3) is 10.2 Å². The van der Waals surface area contributed by atoms with Crippen LogP contribution in [-0.4, -0.2) is 15.1 Å². The van der Waals surface area contributed by atoms with E-state index in [9.17, 15) is 0 Å². The molecule has 0 aliphatic carbocycles. The lowest BCUT2D eigenvalue weighted by molar-refractivity contribution is 0.389. The van der Waals surface area contributed by atoms with E-state index >= 15 is 0 Å². The number of hydrogen-bond donors (Lipinski definition) is 0. The van der Waals surface area contributed by atoms with Gasteiger partial charge in [-0.25, -0.2) is 4.98 Å². The maximum absolute atomic E-state index is 4.92. The Balaban J connectivity index is 1.76. The summed E-state index contributed by atoms with van der Waals surface area (Å²) in [6.45, 7) is 1.79. The van der Waals surface area contributed by atoms with Crippen LogP contribution in [0.4, 0.5) is 0 Å². The van der Waals surface area contributed by atoms with E-state index in [1.165, 1.54) is 4.70 Å². The average Bonchev–Trinajstić information content (AvgIpc) is 2.91. The molecule has 86 valence electrons. The molecule has 6 heteroatoms. The van der Waals surface area contributed by atoms with E-state index in [4.69, 9.17) is 4.52 Å². The first-order valence-corrected chi connectivity index (χ1v) is 6.89. The molecule has 17 heavy (non-hydrogen) atoms. The highest BCUT2D eigenvalue weighted by Gasteiger charge is 2.07. The van der Waals surface area contributed by atoms with Crippen molar-refractivity contribution in [3.63, 3.8) is 0 Å². The molecule has 4 nitrogen and oxygen atoms in total. The minimum absolute atomic E-state index is 0.602. The van der Waals surface area contributed by atoms with Gasteiger partial charge in [0.2, 0.25) is 5.89 Å². The normalized spacial score (nSPS) is 11.1. The first-order valence-electron chi connectivity index (χ1n) is 5.09. The van der Waals surface area contributed by atoms with Crippen LogP contribution < -0.4 is 0 Å². The SMILES string of the molecule is Cc1nc(CSc2nc3ccccc3s2)no1. The van der Waals surface area contributed by atoms with Gasteiger partial charge in [-0.2, -0.15) is 4.98 Å². The zero-order chi connectivity index (χ0) is 11.7. The van der Waals surface area contributed by atoms with Crippen LogP contribution in [0.5, 0.6) is 0 Å². The van der Waals surface area contributed by atoms with Gasteiger partial charge < -0.3 is 4.52 Å². The first kappa shape index (κ1) is 10.7. The van der Waals surface area contributed by atoms with Gasteiger partial charge in [0.1, 0.15) is 0 Å². The highest BCUT2D eigenvalue weighted by atomic mass is 32.2. The van der Waals surface area contributed by atoms with Crippen molar-refractivity contribution in [1.29, 1.82) is 0 Å². The van der Waals surface area contributed by atoms with Gasteiger partial charge in [0.15, 0.2) is 10.2 Å². The van der Waals surface area contributed by atoms with Gasteiger partial charge in [-0.05, 0) is 12.1 Å². The van der Waals surface area contributed by atoms with Gasteiger partial charge in [0.05, 0.1) is 16.0 Å². The van der Waals surface area contributed by atoms with E-state index in [1.54, 1.807) is 30.0 Å². The summed E-state index contributed by atoms with van der Waals surface area (Å²) in [4.78, 5) is 8.69. The lowest BCUT2D eigenvalue weighted by atomic mass is 10.3. The maximum Gasteiger partial charge on any atom is 0.223 e. The van der Waals surface area contributed by atoms with Crippen LogP contribution >= 0.6 is 23.1 Å². The molecule has 0 unspecified atom stereocenters. The molecule has 0 fully saturated rings. The number of hydrogen-bond acceptors (Lipinski definition) is 6. The van der Waals surface area contributed by atoms with Gasteiger partial charge in [-0.1, -0.05) is 29.1 Å². The third-order valence-electron chi connectivity index (χ3n) is 2.17. The number of thioether (sulfide) groups is 1. The number of benzene rings is 1. The Morgan fingerprint density at radius 2 is 2.18 bits per heavy atom. The summed E-state index contributed by atoms with van der Waals surface area (Å²) in [6, 6.07) is 8.13. The summed E-state index contributed by atoms with van der Waals surface area (Å²) in [5.41, 5.74) is 1.05. The van der Waals surface area contributed by atoms with Crippen molar-refractivity contribution in [3.05, 3.63) is 36.0 Å². The standard InChI is InChI=1S/C11H9N3OS2/c1-7-12-10(14-15-7)6-16-11-13-8-4-2-3-5-9(8)17-11/h2-5H,6H2,1H3. The van der Waals surface area contributed by atoms with Gasteiger partial charge in [0, 0.05) is 6.92 Å². The van der Waals surface area contributed by atoms with Crippen molar-refractivity contribution in [1.82, 2.24) is 15.1 Å². The lowest BCUT2D eigenvalue weighted by Crippen LogP contribution is -1.83. The Morgan fingerprint density at radius 3 is 2.94 bits per heavy atom. The zero-order valence-electron chi connectivity index (χ0n) is 9.08. The van der Waals surface area contributed by atoms with E-state index in [2.05, 4.69) is 21.2 Å². The summed E-state index contributed by atoms with van der Waals surface area (Å²) in [6.07, 6.45) is 0. The van der Waals surface area contributed by atoms with Crippen molar-refractivity contribution in [2.24, 2.45) is 0 Å². The molecular formula is C11H9N3OS2. The number of para-hydroxylation sites is 1. The number of rotatable bonds is 3. The molecule has 0 bridgehead atoms. The van der Waals surface area contributed by atoms with E-state index in [0.29, 0.717) is 17.5 Å². The Kier molecular flexibility index (Phi) is 2.82. The number of aromatic nitrogens is 3. The Morgan fingerprint density at radius 1 is 1.29 bits per heavy atom. The largest absolute Gasteiger partial charge is 0.340 e. The van der Waals surface area contributed by atoms with Gasteiger partial charge in [-0.3, -0.25) is 0 Å². The minimum atomic E-state index is 0.602. The van der Waals surface area contributed by atoms with Crippen molar-refractivity contribution >= 4 is 33.3 Å². The van der Waals surface area contributed by atoms with Crippen LogP contribution in [0.2, 0.25) is 0 Å². The molecule has 3 rings (SSSR count). The molecule has 0 saturated carbocycles.